The number of nitrogens with one attached hydrogen (secondary N) is 1. The Kier molecular flexibility index (Phi) is 8.25. The molecular weight excluding hydrogens is 411 g/mol. The van der Waals surface area contributed by atoms with Crippen LogP contribution in [-0.4, -0.2) is 28.5 Å². The lowest BCUT2D eigenvalue weighted by Crippen LogP contribution is -2.52. The maximum atomic E-state index is 12.7. The second kappa shape index (κ2) is 9.59. The molecule has 2 amide bonds. The number of alkyl halides is 1. The normalized spacial score (nSPS) is 12.7. The Bertz CT molecular complexity index is 904. The summed E-state index contributed by atoms with van der Waals surface area (Å²) in [5.41, 5.74) is 5.06. The minimum Gasteiger partial charge on any atom is -0.368 e. The number of halogens is 2. The van der Waals surface area contributed by atoms with Crippen LogP contribution in [0.1, 0.15) is 39.7 Å². The Balaban J connectivity index is 0.00000420. The molecule has 0 fully saturated rings. The van der Waals surface area contributed by atoms with Crippen molar-refractivity contribution in [2.24, 2.45) is 11.1 Å². The van der Waals surface area contributed by atoms with Crippen molar-refractivity contribution >= 4 is 52.4 Å². The van der Waals surface area contributed by atoms with Gasteiger partial charge in [-0.15, -0.1) is 24.0 Å². The fourth-order valence-corrected chi connectivity index (χ4v) is 3.01. The summed E-state index contributed by atoms with van der Waals surface area (Å²) in [4.78, 5) is 36.4. The van der Waals surface area contributed by atoms with E-state index in [1.54, 1.807) is 13.8 Å². The molecule has 7 heteroatoms. The molecule has 2 aromatic carbocycles. The SMILES string of the molecule is CC(C)(Cl)CC(=O)C(C)(C)C(=O)NC(Cc1ccc2ccccc2c1)C(N)=O.Cl. The van der Waals surface area contributed by atoms with Crippen LogP contribution >= 0.6 is 24.0 Å². The van der Waals surface area contributed by atoms with Gasteiger partial charge in [0.15, 0.2) is 0 Å². The highest BCUT2D eigenvalue weighted by Crippen LogP contribution is 2.27. The molecule has 0 aliphatic carbocycles. The van der Waals surface area contributed by atoms with E-state index in [0.29, 0.717) is 0 Å². The van der Waals surface area contributed by atoms with Crippen molar-refractivity contribution in [2.45, 2.75) is 51.5 Å². The number of Topliss-reactive ketones (excluding diaryl/α,β-unsaturated/α-hetero) is 1. The van der Waals surface area contributed by atoms with E-state index in [1.165, 1.54) is 13.8 Å². The van der Waals surface area contributed by atoms with Crippen LogP contribution in [0.2, 0.25) is 0 Å². The lowest BCUT2D eigenvalue weighted by molar-refractivity contribution is -0.142. The van der Waals surface area contributed by atoms with Crippen LogP contribution in [0.15, 0.2) is 42.5 Å². The largest absolute Gasteiger partial charge is 0.368 e. The summed E-state index contributed by atoms with van der Waals surface area (Å²) in [6.45, 7) is 6.49. The zero-order valence-electron chi connectivity index (χ0n) is 17.1. The van der Waals surface area contributed by atoms with Crippen molar-refractivity contribution in [1.29, 1.82) is 0 Å². The Morgan fingerprint density at radius 3 is 2.17 bits per heavy atom. The highest BCUT2D eigenvalue weighted by atomic mass is 35.5. The summed E-state index contributed by atoms with van der Waals surface area (Å²) in [7, 11) is 0. The smallest absolute Gasteiger partial charge is 0.240 e. The molecule has 0 aliphatic heterocycles. The number of carbonyl (C=O) groups excluding carboxylic acids is 3. The molecule has 0 aromatic heterocycles. The Morgan fingerprint density at radius 1 is 1.03 bits per heavy atom. The van der Waals surface area contributed by atoms with Gasteiger partial charge in [0.2, 0.25) is 11.8 Å². The minimum atomic E-state index is -1.32. The first kappa shape index (κ1) is 24.9. The summed E-state index contributed by atoms with van der Waals surface area (Å²) < 4.78 is 0. The van der Waals surface area contributed by atoms with Gasteiger partial charge in [-0.25, -0.2) is 0 Å². The molecule has 1 atom stereocenters. The number of fused-ring (bicyclic) bond motifs is 1. The van der Waals surface area contributed by atoms with E-state index in [2.05, 4.69) is 5.32 Å². The molecule has 2 rings (SSSR count). The van der Waals surface area contributed by atoms with Crippen LogP contribution in [0.4, 0.5) is 0 Å². The van der Waals surface area contributed by atoms with Gasteiger partial charge in [-0.2, -0.15) is 0 Å². The molecular formula is C22H28Cl2N2O3. The molecule has 29 heavy (non-hydrogen) atoms. The van der Waals surface area contributed by atoms with Crippen LogP contribution in [-0.2, 0) is 20.8 Å². The molecule has 0 aliphatic rings. The van der Waals surface area contributed by atoms with Crippen LogP contribution in [0.3, 0.4) is 0 Å². The monoisotopic (exact) mass is 438 g/mol. The molecule has 0 radical (unpaired) electrons. The zero-order chi connectivity index (χ0) is 21.1. The predicted octanol–water partition coefficient (Wildman–Crippen LogP) is 3.78. The van der Waals surface area contributed by atoms with Crippen LogP contribution in [0.25, 0.3) is 10.8 Å². The van der Waals surface area contributed by atoms with Gasteiger partial charge in [0, 0.05) is 17.7 Å². The van der Waals surface area contributed by atoms with Gasteiger partial charge in [-0.1, -0.05) is 42.5 Å². The Hall–Kier alpha value is -2.11. The molecule has 0 bridgehead atoms. The van der Waals surface area contributed by atoms with Gasteiger partial charge in [0.25, 0.3) is 0 Å². The quantitative estimate of drug-likeness (QED) is 0.485. The fraction of sp³-hybridized carbons (Fsp3) is 0.409. The second-order valence-electron chi connectivity index (χ2n) is 8.26. The van der Waals surface area contributed by atoms with E-state index in [4.69, 9.17) is 17.3 Å². The number of benzene rings is 2. The van der Waals surface area contributed by atoms with Gasteiger partial charge < -0.3 is 11.1 Å². The summed E-state index contributed by atoms with van der Waals surface area (Å²) >= 11 is 6.12. The van der Waals surface area contributed by atoms with Crippen molar-refractivity contribution in [1.82, 2.24) is 5.32 Å². The molecule has 0 spiro atoms. The third-order valence-electron chi connectivity index (χ3n) is 4.75. The molecule has 0 heterocycles. The fourth-order valence-electron chi connectivity index (χ4n) is 2.89. The maximum absolute atomic E-state index is 12.7. The number of primary amides is 1. The number of carbonyl (C=O) groups is 3. The number of rotatable bonds is 8. The summed E-state index contributed by atoms with van der Waals surface area (Å²) in [5.74, 6) is -1.48. The highest BCUT2D eigenvalue weighted by molar-refractivity contribution is 6.25. The summed E-state index contributed by atoms with van der Waals surface area (Å²) in [6, 6.07) is 12.8. The Labute approximate surface area is 182 Å². The minimum absolute atomic E-state index is 0. The topological polar surface area (TPSA) is 89.3 Å². The van der Waals surface area contributed by atoms with Crippen LogP contribution < -0.4 is 11.1 Å². The van der Waals surface area contributed by atoms with Crippen molar-refractivity contribution in [2.75, 3.05) is 0 Å². The van der Waals surface area contributed by atoms with E-state index in [9.17, 15) is 14.4 Å². The van der Waals surface area contributed by atoms with Crippen molar-refractivity contribution < 1.29 is 14.4 Å². The lowest BCUT2D eigenvalue weighted by atomic mass is 9.82. The van der Waals surface area contributed by atoms with Gasteiger partial charge in [-0.05, 0) is 44.0 Å². The molecule has 0 saturated heterocycles. The predicted molar refractivity (Wildman–Crippen MR) is 119 cm³/mol. The first-order chi connectivity index (χ1) is 12.9. The van der Waals surface area contributed by atoms with Crippen LogP contribution in [0, 0.1) is 5.41 Å². The number of nitrogens with two attached hydrogens (primary N) is 1. The van der Waals surface area contributed by atoms with Crippen molar-refractivity contribution in [3.63, 3.8) is 0 Å². The van der Waals surface area contributed by atoms with E-state index in [1.807, 2.05) is 42.5 Å². The standard InChI is InChI=1S/C22H27ClN2O3.ClH/c1-21(2,23)13-18(26)22(3,4)20(28)25-17(19(24)27)12-14-9-10-15-7-5-6-8-16(15)11-14;/h5-11,17H,12-13H2,1-4H3,(H2,24,27)(H,25,28);1H. The average molecular weight is 439 g/mol. The Morgan fingerprint density at radius 2 is 1.62 bits per heavy atom. The van der Waals surface area contributed by atoms with Gasteiger partial charge in [-0.3, -0.25) is 14.4 Å². The van der Waals surface area contributed by atoms with Crippen LogP contribution in [0.5, 0.6) is 0 Å². The van der Waals surface area contributed by atoms with E-state index in [0.717, 1.165) is 16.3 Å². The number of hydrogen-bond acceptors (Lipinski definition) is 3. The van der Waals surface area contributed by atoms with Gasteiger partial charge in [0.1, 0.15) is 17.2 Å². The number of amides is 2. The third kappa shape index (κ3) is 6.72. The maximum Gasteiger partial charge on any atom is 0.240 e. The first-order valence-corrected chi connectivity index (χ1v) is 9.58. The summed E-state index contributed by atoms with van der Waals surface area (Å²) in [5, 5.41) is 4.76. The molecule has 1 unspecified atom stereocenters. The summed E-state index contributed by atoms with van der Waals surface area (Å²) in [6.07, 6.45) is 0.290. The number of ketones is 1. The van der Waals surface area contributed by atoms with E-state index in [-0.39, 0.29) is 31.0 Å². The van der Waals surface area contributed by atoms with Crippen molar-refractivity contribution in [3.05, 3.63) is 48.0 Å². The lowest BCUT2D eigenvalue weighted by Gasteiger charge is -2.27. The second-order valence-corrected chi connectivity index (χ2v) is 9.28. The van der Waals surface area contributed by atoms with Gasteiger partial charge in [0.05, 0.1) is 0 Å². The molecule has 5 nitrogen and oxygen atoms in total. The van der Waals surface area contributed by atoms with E-state index >= 15 is 0 Å². The molecule has 0 saturated carbocycles. The molecule has 158 valence electrons. The zero-order valence-corrected chi connectivity index (χ0v) is 18.7. The molecule has 2 aromatic rings. The average Bonchev–Trinajstić information content (AvgIpc) is 2.59. The first-order valence-electron chi connectivity index (χ1n) is 9.20. The highest BCUT2D eigenvalue weighted by Gasteiger charge is 2.39. The third-order valence-corrected chi connectivity index (χ3v) is 4.88. The van der Waals surface area contributed by atoms with Crippen molar-refractivity contribution in [3.8, 4) is 0 Å². The van der Waals surface area contributed by atoms with E-state index < -0.39 is 28.1 Å². The molecule has 3 N–H and O–H groups in total. The van der Waals surface area contributed by atoms with Gasteiger partial charge >= 0.3 is 0 Å². The number of hydrogen-bond donors (Lipinski definition) is 2.